The standard InChI is InChI=1S/C6H9NO3/c1-2-5(9)7-6(10)3-4-8/h2,8H,1,3-4H2,(H,7,9,10). The topological polar surface area (TPSA) is 66.4 Å². The number of hydrogen-bond acceptors (Lipinski definition) is 3. The maximum Gasteiger partial charge on any atom is 0.249 e. The summed E-state index contributed by atoms with van der Waals surface area (Å²) in [6.07, 6.45) is 0.939. The molecule has 2 N–H and O–H groups in total. The van der Waals surface area contributed by atoms with Gasteiger partial charge in [-0.2, -0.15) is 0 Å². The molecule has 4 nitrogen and oxygen atoms in total. The van der Waals surface area contributed by atoms with Crippen LogP contribution in [0.15, 0.2) is 12.7 Å². The molecule has 0 aliphatic carbocycles. The smallest absolute Gasteiger partial charge is 0.249 e. The fourth-order valence-corrected chi connectivity index (χ4v) is 0.352. The fraction of sp³-hybridized carbons (Fsp3) is 0.333. The van der Waals surface area contributed by atoms with Gasteiger partial charge in [0.15, 0.2) is 0 Å². The minimum atomic E-state index is -0.543. The number of imide groups is 1. The molecule has 0 aliphatic rings. The fourth-order valence-electron chi connectivity index (χ4n) is 0.352. The summed E-state index contributed by atoms with van der Waals surface area (Å²) in [7, 11) is 0. The van der Waals surface area contributed by atoms with Gasteiger partial charge in [0.1, 0.15) is 0 Å². The maximum atomic E-state index is 10.5. The van der Waals surface area contributed by atoms with Gasteiger partial charge in [0, 0.05) is 0 Å². The van der Waals surface area contributed by atoms with Crippen LogP contribution in [0.3, 0.4) is 0 Å². The predicted octanol–water partition coefficient (Wildman–Crippen LogP) is -0.802. The van der Waals surface area contributed by atoms with Gasteiger partial charge in [-0.15, -0.1) is 0 Å². The molecule has 0 rings (SSSR count). The number of rotatable bonds is 3. The van der Waals surface area contributed by atoms with E-state index in [1.165, 1.54) is 0 Å². The largest absolute Gasteiger partial charge is 0.396 e. The summed E-state index contributed by atoms with van der Waals surface area (Å²) < 4.78 is 0. The van der Waals surface area contributed by atoms with Crippen molar-refractivity contribution in [1.29, 1.82) is 0 Å². The molecule has 0 unspecified atom stereocenters. The van der Waals surface area contributed by atoms with Crippen LogP contribution in [-0.2, 0) is 9.59 Å². The summed E-state index contributed by atoms with van der Waals surface area (Å²) in [4.78, 5) is 20.8. The van der Waals surface area contributed by atoms with Crippen molar-refractivity contribution in [2.75, 3.05) is 6.61 Å². The zero-order valence-electron chi connectivity index (χ0n) is 5.46. The normalized spacial score (nSPS) is 8.50. The van der Waals surface area contributed by atoms with Gasteiger partial charge in [-0.05, 0) is 6.08 Å². The highest BCUT2D eigenvalue weighted by atomic mass is 16.3. The van der Waals surface area contributed by atoms with Gasteiger partial charge in [-0.1, -0.05) is 6.58 Å². The first-order valence-corrected chi connectivity index (χ1v) is 2.77. The van der Waals surface area contributed by atoms with Crippen LogP contribution in [0.2, 0.25) is 0 Å². The quantitative estimate of drug-likeness (QED) is 0.508. The number of carbonyl (C=O) groups excluding carboxylic acids is 2. The van der Waals surface area contributed by atoms with Gasteiger partial charge < -0.3 is 5.11 Å². The molecule has 0 saturated carbocycles. The lowest BCUT2D eigenvalue weighted by atomic mass is 10.4. The predicted molar refractivity (Wildman–Crippen MR) is 35.0 cm³/mol. The van der Waals surface area contributed by atoms with Gasteiger partial charge in [0.2, 0.25) is 11.8 Å². The van der Waals surface area contributed by atoms with E-state index in [0.717, 1.165) is 6.08 Å². The number of aliphatic hydroxyl groups is 1. The monoisotopic (exact) mass is 143 g/mol. The molecular weight excluding hydrogens is 134 g/mol. The van der Waals surface area contributed by atoms with Gasteiger partial charge in [-0.25, -0.2) is 0 Å². The van der Waals surface area contributed by atoms with Gasteiger partial charge in [0.25, 0.3) is 0 Å². The molecule has 0 saturated heterocycles. The van der Waals surface area contributed by atoms with E-state index in [9.17, 15) is 9.59 Å². The Morgan fingerprint density at radius 2 is 2.20 bits per heavy atom. The van der Waals surface area contributed by atoms with Gasteiger partial charge in [-0.3, -0.25) is 14.9 Å². The van der Waals surface area contributed by atoms with Crippen LogP contribution >= 0.6 is 0 Å². The van der Waals surface area contributed by atoms with Crippen molar-refractivity contribution >= 4 is 11.8 Å². The highest BCUT2D eigenvalue weighted by Crippen LogP contribution is 1.76. The molecule has 0 aliphatic heterocycles. The van der Waals surface area contributed by atoms with Crippen molar-refractivity contribution in [3.8, 4) is 0 Å². The van der Waals surface area contributed by atoms with Crippen LogP contribution in [0.1, 0.15) is 6.42 Å². The number of nitrogens with one attached hydrogen (secondary N) is 1. The van der Waals surface area contributed by atoms with Crippen LogP contribution in [0.25, 0.3) is 0 Å². The molecular formula is C6H9NO3. The Kier molecular flexibility index (Phi) is 4.15. The summed E-state index contributed by atoms with van der Waals surface area (Å²) in [5.74, 6) is -1.04. The lowest BCUT2D eigenvalue weighted by molar-refractivity contribution is -0.128. The number of amides is 2. The van der Waals surface area contributed by atoms with Crippen molar-refractivity contribution in [2.24, 2.45) is 0 Å². The van der Waals surface area contributed by atoms with Crippen molar-refractivity contribution in [2.45, 2.75) is 6.42 Å². The molecule has 0 atom stereocenters. The molecule has 0 fully saturated rings. The molecule has 0 spiro atoms. The summed E-state index contributed by atoms with van der Waals surface area (Å²) in [6.45, 7) is 2.89. The second-order valence-corrected chi connectivity index (χ2v) is 1.59. The van der Waals surface area contributed by atoms with Crippen LogP contribution < -0.4 is 5.32 Å². The van der Waals surface area contributed by atoms with E-state index >= 15 is 0 Å². The van der Waals surface area contributed by atoms with E-state index in [2.05, 4.69) is 6.58 Å². The summed E-state index contributed by atoms with van der Waals surface area (Å²) in [6, 6.07) is 0. The van der Waals surface area contributed by atoms with E-state index in [1.807, 2.05) is 5.32 Å². The molecule has 10 heavy (non-hydrogen) atoms. The third-order valence-electron chi connectivity index (χ3n) is 0.787. The van der Waals surface area contributed by atoms with Crippen molar-refractivity contribution < 1.29 is 14.7 Å². The second-order valence-electron chi connectivity index (χ2n) is 1.59. The highest BCUT2D eigenvalue weighted by Gasteiger charge is 2.01. The Morgan fingerprint density at radius 1 is 1.60 bits per heavy atom. The maximum absolute atomic E-state index is 10.5. The van der Waals surface area contributed by atoms with E-state index in [4.69, 9.17) is 5.11 Å². The SMILES string of the molecule is C=CC(=O)NC(=O)CCO. The number of aliphatic hydroxyl groups excluding tert-OH is 1. The summed E-state index contributed by atoms with van der Waals surface area (Å²) >= 11 is 0. The van der Waals surface area contributed by atoms with E-state index in [-0.39, 0.29) is 13.0 Å². The lowest BCUT2D eigenvalue weighted by Gasteiger charge is -1.96. The third-order valence-corrected chi connectivity index (χ3v) is 0.787. The minimum Gasteiger partial charge on any atom is -0.396 e. The number of hydrogen-bond donors (Lipinski definition) is 2. The first kappa shape index (κ1) is 8.84. The van der Waals surface area contributed by atoms with E-state index in [1.54, 1.807) is 0 Å². The van der Waals surface area contributed by atoms with Crippen LogP contribution in [0.4, 0.5) is 0 Å². The highest BCUT2D eigenvalue weighted by molar-refractivity contribution is 6.00. The van der Waals surface area contributed by atoms with Crippen molar-refractivity contribution in [1.82, 2.24) is 5.32 Å². The first-order chi connectivity index (χ1) is 4.70. The van der Waals surface area contributed by atoms with Crippen LogP contribution in [-0.4, -0.2) is 23.5 Å². The average Bonchev–Trinajstić information content (AvgIpc) is 1.88. The van der Waals surface area contributed by atoms with E-state index < -0.39 is 11.8 Å². The van der Waals surface area contributed by atoms with Crippen LogP contribution in [0.5, 0.6) is 0 Å². The molecule has 0 aromatic carbocycles. The van der Waals surface area contributed by atoms with E-state index in [0.29, 0.717) is 0 Å². The Balaban J connectivity index is 3.57. The van der Waals surface area contributed by atoms with Crippen molar-refractivity contribution in [3.63, 3.8) is 0 Å². The zero-order valence-corrected chi connectivity index (χ0v) is 5.46. The molecule has 0 aromatic heterocycles. The molecule has 4 heteroatoms. The van der Waals surface area contributed by atoms with Crippen molar-refractivity contribution in [3.05, 3.63) is 12.7 Å². The molecule has 0 radical (unpaired) electrons. The molecule has 2 amide bonds. The Hall–Kier alpha value is -1.16. The molecule has 0 heterocycles. The Bertz CT molecular complexity index is 153. The van der Waals surface area contributed by atoms with Gasteiger partial charge in [0.05, 0.1) is 13.0 Å². The zero-order chi connectivity index (χ0) is 7.98. The summed E-state index contributed by atoms with van der Waals surface area (Å²) in [5, 5.41) is 10.2. The molecule has 56 valence electrons. The second kappa shape index (κ2) is 4.69. The Morgan fingerprint density at radius 3 is 2.60 bits per heavy atom. The summed E-state index contributed by atoms with van der Waals surface area (Å²) in [5.41, 5.74) is 0. The molecule has 0 aromatic rings. The van der Waals surface area contributed by atoms with Crippen LogP contribution in [0, 0.1) is 0 Å². The van der Waals surface area contributed by atoms with Gasteiger partial charge >= 0.3 is 0 Å². The lowest BCUT2D eigenvalue weighted by Crippen LogP contribution is -2.28. The average molecular weight is 143 g/mol. The third kappa shape index (κ3) is 3.80. The molecule has 0 bridgehead atoms. The first-order valence-electron chi connectivity index (χ1n) is 2.77. The Labute approximate surface area is 58.5 Å². The minimum absolute atomic E-state index is 0.0560. The number of carbonyl (C=O) groups is 2.